The van der Waals surface area contributed by atoms with Crippen LogP contribution in [0.3, 0.4) is 0 Å². The predicted molar refractivity (Wildman–Crippen MR) is 145 cm³/mol. The first-order valence-corrected chi connectivity index (χ1v) is 12.4. The van der Waals surface area contributed by atoms with Crippen LogP contribution in [-0.2, 0) is 11.4 Å². The summed E-state index contributed by atoms with van der Waals surface area (Å²) in [6.07, 6.45) is 1.47. The summed E-state index contributed by atoms with van der Waals surface area (Å²) in [5, 5.41) is 13.9. The number of hydrogen-bond donors (Lipinski definition) is 1. The Bertz CT molecular complexity index is 1340. The fraction of sp³-hybridized carbons (Fsp3) is 0.154. The SMILES string of the molecule is CCOc1cc(/C=C(/C#N)C(=O)Nc2cccc(Cl)c2C)cc(Br)c1OCc1ccc(Cl)cc1Cl. The summed E-state index contributed by atoms with van der Waals surface area (Å²) in [5.41, 5.74) is 2.49. The number of rotatable bonds is 8. The zero-order chi connectivity index (χ0) is 25.5. The van der Waals surface area contributed by atoms with Crippen LogP contribution in [0.5, 0.6) is 11.5 Å². The van der Waals surface area contributed by atoms with E-state index in [9.17, 15) is 10.1 Å². The number of carbonyl (C=O) groups excluding carboxylic acids is 1. The summed E-state index contributed by atoms with van der Waals surface area (Å²) in [6.45, 7) is 4.21. The van der Waals surface area contributed by atoms with Crippen molar-refractivity contribution in [3.05, 3.63) is 90.3 Å². The number of nitrogens with zero attached hydrogens (tertiary/aromatic N) is 1. The molecule has 1 N–H and O–H groups in total. The van der Waals surface area contributed by atoms with Gasteiger partial charge >= 0.3 is 0 Å². The first-order valence-electron chi connectivity index (χ1n) is 10.4. The van der Waals surface area contributed by atoms with Crippen LogP contribution in [0.1, 0.15) is 23.6 Å². The van der Waals surface area contributed by atoms with Gasteiger partial charge in [0.15, 0.2) is 11.5 Å². The Morgan fingerprint density at radius 2 is 1.89 bits per heavy atom. The van der Waals surface area contributed by atoms with E-state index in [4.69, 9.17) is 44.3 Å². The average molecular weight is 595 g/mol. The molecule has 0 atom stereocenters. The van der Waals surface area contributed by atoms with Gasteiger partial charge in [-0.2, -0.15) is 5.26 Å². The van der Waals surface area contributed by atoms with Gasteiger partial charge in [0, 0.05) is 26.3 Å². The van der Waals surface area contributed by atoms with Gasteiger partial charge in [0.1, 0.15) is 18.2 Å². The van der Waals surface area contributed by atoms with Gasteiger partial charge in [-0.3, -0.25) is 4.79 Å². The molecule has 3 rings (SSSR count). The van der Waals surface area contributed by atoms with Crippen molar-refractivity contribution in [1.29, 1.82) is 5.26 Å². The molecule has 0 aliphatic carbocycles. The molecule has 3 aromatic carbocycles. The van der Waals surface area contributed by atoms with Gasteiger partial charge in [-0.1, -0.05) is 46.9 Å². The van der Waals surface area contributed by atoms with Gasteiger partial charge in [-0.15, -0.1) is 0 Å². The van der Waals surface area contributed by atoms with E-state index < -0.39 is 5.91 Å². The van der Waals surface area contributed by atoms with E-state index in [-0.39, 0.29) is 12.2 Å². The zero-order valence-corrected chi connectivity index (χ0v) is 22.6. The highest BCUT2D eigenvalue weighted by Crippen LogP contribution is 2.38. The van der Waals surface area contributed by atoms with Crippen molar-refractivity contribution in [2.24, 2.45) is 0 Å². The molecule has 0 unspecified atom stereocenters. The second-order valence-corrected chi connectivity index (χ2v) is 9.43. The highest BCUT2D eigenvalue weighted by Gasteiger charge is 2.16. The Balaban J connectivity index is 1.87. The second kappa shape index (κ2) is 12.3. The highest BCUT2D eigenvalue weighted by atomic mass is 79.9. The molecule has 0 aliphatic heterocycles. The van der Waals surface area contributed by atoms with Crippen molar-refractivity contribution in [2.75, 3.05) is 11.9 Å². The molecule has 0 bridgehead atoms. The molecule has 0 saturated carbocycles. The fourth-order valence-electron chi connectivity index (χ4n) is 3.11. The van der Waals surface area contributed by atoms with Crippen molar-refractivity contribution in [3.8, 4) is 17.6 Å². The van der Waals surface area contributed by atoms with E-state index in [0.29, 0.717) is 54.5 Å². The maximum atomic E-state index is 12.8. The number of benzene rings is 3. The molecule has 0 fully saturated rings. The number of halogens is 4. The lowest BCUT2D eigenvalue weighted by molar-refractivity contribution is -0.112. The minimum absolute atomic E-state index is 0.0830. The Labute approximate surface area is 227 Å². The summed E-state index contributed by atoms with van der Waals surface area (Å²) >= 11 is 21.8. The van der Waals surface area contributed by atoms with Gasteiger partial charge in [0.05, 0.1) is 11.1 Å². The van der Waals surface area contributed by atoms with Crippen molar-refractivity contribution in [1.82, 2.24) is 0 Å². The van der Waals surface area contributed by atoms with Crippen LogP contribution >= 0.6 is 50.7 Å². The van der Waals surface area contributed by atoms with Gasteiger partial charge < -0.3 is 14.8 Å². The first kappa shape index (κ1) is 26.9. The van der Waals surface area contributed by atoms with Crippen molar-refractivity contribution >= 4 is 68.4 Å². The number of nitriles is 1. The highest BCUT2D eigenvalue weighted by molar-refractivity contribution is 9.10. The topological polar surface area (TPSA) is 71.3 Å². The standard InChI is InChI=1S/C26H20BrCl3N2O3/c1-3-34-24-11-16(9-18(13-31)26(33)32-23-6-4-5-21(29)15(23)2)10-20(27)25(24)35-14-17-7-8-19(28)12-22(17)30/h4-12H,3,14H2,1-2H3,(H,32,33)/b18-9-. The van der Waals surface area contributed by atoms with E-state index in [0.717, 1.165) is 5.56 Å². The smallest absolute Gasteiger partial charge is 0.266 e. The van der Waals surface area contributed by atoms with Crippen LogP contribution in [0.15, 0.2) is 58.6 Å². The molecule has 0 heterocycles. The largest absolute Gasteiger partial charge is 0.490 e. The number of hydrogen-bond acceptors (Lipinski definition) is 4. The Morgan fingerprint density at radius 3 is 2.57 bits per heavy atom. The zero-order valence-electron chi connectivity index (χ0n) is 18.8. The molecule has 1 amide bonds. The van der Waals surface area contributed by atoms with E-state index in [1.54, 1.807) is 55.5 Å². The molecule has 0 aliphatic rings. The van der Waals surface area contributed by atoms with E-state index >= 15 is 0 Å². The number of nitrogens with one attached hydrogen (secondary N) is 1. The third kappa shape index (κ3) is 6.93. The van der Waals surface area contributed by atoms with Gasteiger partial charge in [0.25, 0.3) is 5.91 Å². The third-order valence-corrected chi connectivity index (χ3v) is 6.50. The summed E-state index contributed by atoms with van der Waals surface area (Å²) in [5.74, 6) is 0.360. The molecule has 0 aromatic heterocycles. The molecule has 0 saturated heterocycles. The van der Waals surface area contributed by atoms with Gasteiger partial charge in [-0.25, -0.2) is 0 Å². The third-order valence-electron chi connectivity index (χ3n) is 4.91. The van der Waals surface area contributed by atoms with Crippen molar-refractivity contribution in [2.45, 2.75) is 20.5 Å². The molecular formula is C26H20BrCl3N2O3. The molecule has 0 radical (unpaired) electrons. The lowest BCUT2D eigenvalue weighted by atomic mass is 10.1. The minimum atomic E-state index is -0.551. The van der Waals surface area contributed by atoms with Crippen LogP contribution in [0.2, 0.25) is 15.1 Å². The molecule has 3 aromatic rings. The number of anilines is 1. The van der Waals surface area contributed by atoms with Crippen LogP contribution in [-0.4, -0.2) is 12.5 Å². The van der Waals surface area contributed by atoms with Crippen LogP contribution in [0, 0.1) is 18.3 Å². The number of ether oxygens (including phenoxy) is 2. The average Bonchev–Trinajstić information content (AvgIpc) is 2.81. The maximum absolute atomic E-state index is 12.8. The monoisotopic (exact) mass is 592 g/mol. The van der Waals surface area contributed by atoms with Gasteiger partial charge in [0.2, 0.25) is 0 Å². The fourth-order valence-corrected chi connectivity index (χ4v) is 4.32. The molecule has 5 nitrogen and oxygen atoms in total. The minimum Gasteiger partial charge on any atom is -0.490 e. The van der Waals surface area contributed by atoms with Crippen molar-refractivity contribution in [3.63, 3.8) is 0 Å². The normalized spacial score (nSPS) is 11.1. The lowest BCUT2D eigenvalue weighted by Gasteiger charge is -2.15. The van der Waals surface area contributed by atoms with Crippen LogP contribution in [0.4, 0.5) is 5.69 Å². The number of amides is 1. The predicted octanol–water partition coefficient (Wildman–Crippen LogP) is 8.24. The molecule has 9 heteroatoms. The Morgan fingerprint density at radius 1 is 1.11 bits per heavy atom. The molecule has 180 valence electrons. The van der Waals surface area contributed by atoms with Crippen LogP contribution < -0.4 is 14.8 Å². The van der Waals surface area contributed by atoms with E-state index in [2.05, 4.69) is 21.2 Å². The number of carbonyl (C=O) groups is 1. The van der Waals surface area contributed by atoms with Crippen molar-refractivity contribution < 1.29 is 14.3 Å². The summed E-state index contributed by atoms with van der Waals surface area (Å²) < 4.78 is 12.3. The Kier molecular flexibility index (Phi) is 9.47. The summed E-state index contributed by atoms with van der Waals surface area (Å²) in [7, 11) is 0. The lowest BCUT2D eigenvalue weighted by Crippen LogP contribution is -2.14. The molecule has 0 spiro atoms. The summed E-state index contributed by atoms with van der Waals surface area (Å²) in [6, 6.07) is 15.7. The van der Waals surface area contributed by atoms with E-state index in [1.807, 2.05) is 13.0 Å². The second-order valence-electron chi connectivity index (χ2n) is 7.32. The summed E-state index contributed by atoms with van der Waals surface area (Å²) in [4.78, 5) is 12.8. The quantitative estimate of drug-likeness (QED) is 0.211. The first-order chi connectivity index (χ1) is 16.7. The van der Waals surface area contributed by atoms with Crippen LogP contribution in [0.25, 0.3) is 6.08 Å². The molecular weight excluding hydrogens is 575 g/mol. The molecule has 35 heavy (non-hydrogen) atoms. The Hall–Kier alpha value is -2.69. The van der Waals surface area contributed by atoms with Gasteiger partial charge in [-0.05, 0) is 83.4 Å². The maximum Gasteiger partial charge on any atom is 0.266 e. The van der Waals surface area contributed by atoms with E-state index in [1.165, 1.54) is 6.08 Å².